The average Bonchev–Trinajstić information content (AvgIpc) is 2.69. The quantitative estimate of drug-likeness (QED) is 0.459. The van der Waals surface area contributed by atoms with Gasteiger partial charge in [0.15, 0.2) is 0 Å². The monoisotopic (exact) mass is 424 g/mol. The number of thiocarbonyl (C=S) groups is 1. The van der Waals surface area contributed by atoms with Gasteiger partial charge in [-0.1, -0.05) is 81.9 Å². The van der Waals surface area contributed by atoms with Gasteiger partial charge >= 0.3 is 0 Å². The fourth-order valence-corrected chi connectivity index (χ4v) is 7.53. The molecule has 2 bridgehead atoms. The topological polar surface area (TPSA) is 29.3 Å². The van der Waals surface area contributed by atoms with Gasteiger partial charge in [-0.3, -0.25) is 0 Å². The van der Waals surface area contributed by atoms with Crippen LogP contribution in [0, 0.1) is 22.7 Å². The van der Waals surface area contributed by atoms with Gasteiger partial charge in [0.25, 0.3) is 0 Å². The van der Waals surface area contributed by atoms with E-state index in [4.69, 9.17) is 18.0 Å². The van der Waals surface area contributed by atoms with Crippen LogP contribution in [0.25, 0.3) is 0 Å². The van der Waals surface area contributed by atoms with Crippen LogP contribution < -0.4 is 5.73 Å². The van der Waals surface area contributed by atoms with Crippen LogP contribution in [0.15, 0.2) is 42.0 Å². The lowest BCUT2D eigenvalue weighted by Gasteiger charge is -2.57. The van der Waals surface area contributed by atoms with Gasteiger partial charge in [0, 0.05) is 24.5 Å². The molecule has 0 spiro atoms. The van der Waals surface area contributed by atoms with Gasteiger partial charge in [-0.05, 0) is 67.3 Å². The Balaban J connectivity index is 1.69. The van der Waals surface area contributed by atoms with Gasteiger partial charge in [0.05, 0.1) is 4.99 Å². The molecule has 0 radical (unpaired) electrons. The maximum Gasteiger partial charge on any atom is 0.0839 e. The molecule has 3 fully saturated rings. The molecule has 2 saturated carbocycles. The first-order chi connectivity index (χ1) is 14.1. The summed E-state index contributed by atoms with van der Waals surface area (Å²) in [6, 6.07) is 11.6. The highest BCUT2D eigenvalue weighted by Gasteiger charge is 2.54. The summed E-state index contributed by atoms with van der Waals surface area (Å²) in [7, 11) is 0. The van der Waals surface area contributed by atoms with Gasteiger partial charge in [-0.25, -0.2) is 0 Å². The van der Waals surface area contributed by atoms with E-state index >= 15 is 0 Å². The molecule has 3 aliphatic rings. The predicted molar refractivity (Wildman–Crippen MR) is 132 cm³/mol. The number of likely N-dealkylation sites (tertiary alicyclic amines) is 1. The predicted octanol–water partition coefficient (Wildman–Crippen LogP) is 6.10. The van der Waals surface area contributed by atoms with Crippen LogP contribution in [-0.4, -0.2) is 29.0 Å². The van der Waals surface area contributed by atoms with Crippen LogP contribution >= 0.6 is 12.2 Å². The standard InChI is InChI=1S/C27H40N2S/c1-6-22-19(2)14-27(21-10-8-7-9-11-21)16-20(22)15-26(5,17-27)24(30)29-13-12-23(28)25(3,4)18-29/h6-11,19-20,23H,12-18,28H2,1-5H3/b22-6+. The number of nitrogens with zero attached hydrogens (tertiary/aromatic N) is 1. The second kappa shape index (κ2) is 7.74. The molecule has 5 atom stereocenters. The number of nitrogens with two attached hydrogens (primary N) is 1. The van der Waals surface area contributed by atoms with E-state index in [1.807, 2.05) is 0 Å². The molecule has 1 aromatic carbocycles. The first-order valence-electron chi connectivity index (χ1n) is 11.9. The van der Waals surface area contributed by atoms with Crippen molar-refractivity contribution in [1.82, 2.24) is 4.90 Å². The summed E-state index contributed by atoms with van der Waals surface area (Å²) < 4.78 is 0. The molecule has 2 nitrogen and oxygen atoms in total. The lowest BCUT2D eigenvalue weighted by Crippen LogP contribution is -2.58. The number of fused-ring (bicyclic) bond motifs is 2. The molecule has 0 amide bonds. The average molecular weight is 425 g/mol. The van der Waals surface area contributed by atoms with Crippen LogP contribution in [0.2, 0.25) is 0 Å². The zero-order valence-corrected chi connectivity index (χ0v) is 20.4. The van der Waals surface area contributed by atoms with Crippen molar-refractivity contribution in [2.45, 2.75) is 78.2 Å². The Morgan fingerprint density at radius 3 is 2.47 bits per heavy atom. The smallest absolute Gasteiger partial charge is 0.0839 e. The molecule has 5 unspecified atom stereocenters. The van der Waals surface area contributed by atoms with Gasteiger partial charge < -0.3 is 10.6 Å². The summed E-state index contributed by atoms with van der Waals surface area (Å²) in [5, 5.41) is 0. The van der Waals surface area contributed by atoms with E-state index in [-0.39, 0.29) is 22.3 Å². The van der Waals surface area contributed by atoms with Crippen molar-refractivity contribution in [2.75, 3.05) is 13.1 Å². The number of benzene rings is 1. The molecule has 2 aliphatic carbocycles. The largest absolute Gasteiger partial charge is 0.365 e. The molecule has 3 heteroatoms. The summed E-state index contributed by atoms with van der Waals surface area (Å²) in [6.45, 7) is 13.7. The minimum atomic E-state index is 0.0556. The molecule has 4 rings (SSSR count). The Labute approximate surface area is 189 Å². The van der Waals surface area contributed by atoms with Gasteiger partial charge in [0.1, 0.15) is 0 Å². The van der Waals surface area contributed by atoms with Crippen molar-refractivity contribution in [3.8, 4) is 0 Å². The van der Waals surface area contributed by atoms with Crippen LogP contribution in [0.5, 0.6) is 0 Å². The Bertz CT molecular complexity index is 825. The van der Waals surface area contributed by atoms with Crippen molar-refractivity contribution < 1.29 is 0 Å². The summed E-state index contributed by atoms with van der Waals surface area (Å²) in [5.74, 6) is 1.29. The molecular weight excluding hydrogens is 384 g/mol. The van der Waals surface area contributed by atoms with E-state index < -0.39 is 0 Å². The fraction of sp³-hybridized carbons (Fsp3) is 0.667. The maximum atomic E-state index is 6.43. The minimum Gasteiger partial charge on any atom is -0.365 e. The summed E-state index contributed by atoms with van der Waals surface area (Å²) in [6.07, 6.45) is 8.31. The zero-order chi connectivity index (χ0) is 21.7. The van der Waals surface area contributed by atoms with E-state index in [2.05, 4.69) is 75.9 Å². The van der Waals surface area contributed by atoms with Crippen molar-refractivity contribution in [3.05, 3.63) is 47.5 Å². The van der Waals surface area contributed by atoms with Gasteiger partial charge in [0.2, 0.25) is 0 Å². The second-order valence-corrected chi connectivity index (χ2v) is 11.9. The zero-order valence-electron chi connectivity index (χ0n) is 19.6. The first kappa shape index (κ1) is 22.0. The van der Waals surface area contributed by atoms with Crippen LogP contribution in [0.4, 0.5) is 0 Å². The molecule has 1 heterocycles. The molecule has 30 heavy (non-hydrogen) atoms. The highest BCUT2D eigenvalue weighted by atomic mass is 32.1. The second-order valence-electron chi connectivity index (χ2n) is 11.5. The highest BCUT2D eigenvalue weighted by Crippen LogP contribution is 2.60. The minimum absolute atomic E-state index is 0.0556. The number of piperidine rings is 1. The molecule has 2 N–H and O–H groups in total. The van der Waals surface area contributed by atoms with Crippen LogP contribution in [-0.2, 0) is 5.41 Å². The molecular formula is C27H40N2S. The molecule has 1 saturated heterocycles. The Morgan fingerprint density at radius 1 is 1.13 bits per heavy atom. The van der Waals surface area contributed by atoms with Crippen LogP contribution in [0.1, 0.15) is 72.3 Å². The summed E-state index contributed by atoms with van der Waals surface area (Å²) >= 11 is 6.30. The van der Waals surface area contributed by atoms with Gasteiger partial charge in [-0.2, -0.15) is 0 Å². The van der Waals surface area contributed by atoms with E-state index in [1.54, 1.807) is 5.57 Å². The molecule has 164 valence electrons. The van der Waals surface area contributed by atoms with E-state index in [0.29, 0.717) is 11.8 Å². The van der Waals surface area contributed by atoms with E-state index in [9.17, 15) is 0 Å². The normalized spacial score (nSPS) is 39.7. The molecule has 1 aliphatic heterocycles. The van der Waals surface area contributed by atoms with E-state index in [0.717, 1.165) is 19.5 Å². The summed E-state index contributed by atoms with van der Waals surface area (Å²) in [4.78, 5) is 3.70. The lowest BCUT2D eigenvalue weighted by molar-refractivity contribution is 0.0781. The number of allylic oxidation sites excluding steroid dienone is 2. The van der Waals surface area contributed by atoms with Crippen molar-refractivity contribution in [1.29, 1.82) is 0 Å². The third-order valence-corrected chi connectivity index (χ3v) is 9.39. The number of hydrogen-bond acceptors (Lipinski definition) is 2. The molecule has 1 aromatic rings. The maximum absolute atomic E-state index is 6.43. The van der Waals surface area contributed by atoms with Crippen molar-refractivity contribution in [3.63, 3.8) is 0 Å². The Morgan fingerprint density at radius 2 is 1.83 bits per heavy atom. The third kappa shape index (κ3) is 3.66. The van der Waals surface area contributed by atoms with Gasteiger partial charge in [-0.15, -0.1) is 0 Å². The Hall–Kier alpha value is -1.19. The third-order valence-electron chi connectivity index (χ3n) is 8.64. The number of rotatable bonds is 2. The lowest BCUT2D eigenvalue weighted by atomic mass is 9.49. The summed E-state index contributed by atoms with van der Waals surface area (Å²) in [5.41, 5.74) is 10.0. The van der Waals surface area contributed by atoms with Crippen molar-refractivity contribution >= 4 is 17.2 Å². The first-order valence-corrected chi connectivity index (χ1v) is 12.3. The number of hydrogen-bond donors (Lipinski definition) is 1. The fourth-order valence-electron chi connectivity index (χ4n) is 7.22. The highest BCUT2D eigenvalue weighted by molar-refractivity contribution is 7.80. The Kier molecular flexibility index (Phi) is 5.68. The molecule has 0 aromatic heterocycles. The van der Waals surface area contributed by atoms with Crippen molar-refractivity contribution in [2.24, 2.45) is 28.4 Å². The van der Waals surface area contributed by atoms with E-state index in [1.165, 1.54) is 36.2 Å². The SMILES string of the molecule is C/C=C1\C(C)CC2(c3ccccc3)CC1CC(C)(C(=S)N1CCC(N)C(C)(C)C1)C2. The van der Waals surface area contributed by atoms with Crippen LogP contribution in [0.3, 0.4) is 0 Å².